The molecule has 0 radical (unpaired) electrons. The topological polar surface area (TPSA) is 55.0 Å². The Balaban J connectivity index is 2.13. The number of rotatable bonds is 5. The maximum absolute atomic E-state index is 5.97. The number of hydrogen-bond donors (Lipinski definition) is 1. The molecule has 1 aromatic carbocycles. The number of hydrogen-bond acceptors (Lipinski definition) is 4. The Bertz CT molecular complexity index is 539. The van der Waals surface area contributed by atoms with E-state index in [0.29, 0.717) is 0 Å². The Kier molecular flexibility index (Phi) is 4.34. The molecular weight excluding hydrogens is 236 g/mol. The smallest absolute Gasteiger partial charge is 0.132 e. The third-order valence-electron chi connectivity index (χ3n) is 3.07. The highest BCUT2D eigenvalue weighted by Crippen LogP contribution is 2.17. The first-order valence-corrected chi connectivity index (χ1v) is 6.56. The quantitative estimate of drug-likeness (QED) is 0.836. The molecular formula is C15H20N4. The van der Waals surface area contributed by atoms with Crippen molar-refractivity contribution in [2.45, 2.75) is 26.3 Å². The van der Waals surface area contributed by atoms with Crippen molar-refractivity contribution < 1.29 is 0 Å². The van der Waals surface area contributed by atoms with Gasteiger partial charge in [0.25, 0.3) is 0 Å². The van der Waals surface area contributed by atoms with Gasteiger partial charge in [-0.3, -0.25) is 0 Å². The van der Waals surface area contributed by atoms with E-state index in [1.165, 1.54) is 0 Å². The summed E-state index contributed by atoms with van der Waals surface area (Å²) in [5.41, 5.74) is 8.98. The van der Waals surface area contributed by atoms with Crippen LogP contribution in [0.3, 0.4) is 0 Å². The second kappa shape index (κ2) is 6.18. The lowest BCUT2D eigenvalue weighted by Crippen LogP contribution is -2.19. The van der Waals surface area contributed by atoms with Crippen molar-refractivity contribution in [2.24, 2.45) is 0 Å². The van der Waals surface area contributed by atoms with Crippen LogP contribution in [0, 0.1) is 0 Å². The molecule has 0 bridgehead atoms. The zero-order chi connectivity index (χ0) is 13.7. The summed E-state index contributed by atoms with van der Waals surface area (Å²) in [6.07, 6.45) is 3.70. The minimum absolute atomic E-state index is 0.745. The molecule has 1 heterocycles. The lowest BCUT2D eigenvalue weighted by Gasteiger charge is -2.19. The SMILES string of the molecule is CCCc1cc(N(C)Cc2ccccc2N)ncn1. The van der Waals surface area contributed by atoms with Gasteiger partial charge in [0.15, 0.2) is 0 Å². The molecule has 0 fully saturated rings. The summed E-state index contributed by atoms with van der Waals surface area (Å²) in [6.45, 7) is 2.89. The Hall–Kier alpha value is -2.10. The fourth-order valence-electron chi connectivity index (χ4n) is 2.00. The normalized spacial score (nSPS) is 10.4. The third-order valence-corrected chi connectivity index (χ3v) is 3.07. The fraction of sp³-hybridized carbons (Fsp3) is 0.333. The van der Waals surface area contributed by atoms with Crippen molar-refractivity contribution >= 4 is 11.5 Å². The van der Waals surface area contributed by atoms with Gasteiger partial charge in [-0.15, -0.1) is 0 Å². The van der Waals surface area contributed by atoms with Crippen LogP contribution in [-0.2, 0) is 13.0 Å². The van der Waals surface area contributed by atoms with Crippen LogP contribution in [0.25, 0.3) is 0 Å². The fourth-order valence-corrected chi connectivity index (χ4v) is 2.00. The van der Waals surface area contributed by atoms with Crippen LogP contribution in [0.4, 0.5) is 11.5 Å². The van der Waals surface area contributed by atoms with Gasteiger partial charge < -0.3 is 10.6 Å². The van der Waals surface area contributed by atoms with Gasteiger partial charge in [0, 0.05) is 31.0 Å². The maximum Gasteiger partial charge on any atom is 0.132 e. The largest absolute Gasteiger partial charge is 0.398 e. The van der Waals surface area contributed by atoms with Gasteiger partial charge in [0.2, 0.25) is 0 Å². The third kappa shape index (κ3) is 3.44. The van der Waals surface area contributed by atoms with Gasteiger partial charge in [-0.1, -0.05) is 31.5 Å². The highest BCUT2D eigenvalue weighted by Gasteiger charge is 2.06. The number of aromatic nitrogens is 2. The molecule has 0 atom stereocenters. The average Bonchev–Trinajstić information content (AvgIpc) is 2.42. The Morgan fingerprint density at radius 3 is 2.74 bits per heavy atom. The first-order chi connectivity index (χ1) is 9.20. The molecule has 4 nitrogen and oxygen atoms in total. The molecule has 0 aliphatic rings. The predicted molar refractivity (Wildman–Crippen MR) is 79.0 cm³/mol. The summed E-state index contributed by atoms with van der Waals surface area (Å²) in [4.78, 5) is 10.7. The average molecular weight is 256 g/mol. The molecule has 4 heteroatoms. The lowest BCUT2D eigenvalue weighted by atomic mass is 10.1. The van der Waals surface area contributed by atoms with Gasteiger partial charge in [-0.25, -0.2) is 9.97 Å². The molecule has 0 unspecified atom stereocenters. The molecule has 2 N–H and O–H groups in total. The molecule has 0 spiro atoms. The van der Waals surface area contributed by atoms with E-state index in [1.807, 2.05) is 37.4 Å². The van der Waals surface area contributed by atoms with Crippen molar-refractivity contribution in [2.75, 3.05) is 17.7 Å². The van der Waals surface area contributed by atoms with E-state index >= 15 is 0 Å². The second-order valence-electron chi connectivity index (χ2n) is 4.67. The molecule has 0 aliphatic heterocycles. The highest BCUT2D eigenvalue weighted by atomic mass is 15.2. The first-order valence-electron chi connectivity index (χ1n) is 6.56. The van der Waals surface area contributed by atoms with E-state index in [1.54, 1.807) is 6.33 Å². The van der Waals surface area contributed by atoms with Crippen molar-refractivity contribution in [1.29, 1.82) is 0 Å². The van der Waals surface area contributed by atoms with Crippen molar-refractivity contribution in [3.63, 3.8) is 0 Å². The van der Waals surface area contributed by atoms with E-state index in [-0.39, 0.29) is 0 Å². The van der Waals surface area contributed by atoms with Crippen LogP contribution < -0.4 is 10.6 Å². The van der Waals surface area contributed by atoms with Crippen molar-refractivity contribution in [3.8, 4) is 0 Å². The minimum Gasteiger partial charge on any atom is -0.398 e. The van der Waals surface area contributed by atoms with Gasteiger partial charge in [0.1, 0.15) is 12.1 Å². The van der Waals surface area contributed by atoms with Crippen LogP contribution in [-0.4, -0.2) is 17.0 Å². The maximum atomic E-state index is 5.97. The Morgan fingerprint density at radius 2 is 2.00 bits per heavy atom. The van der Waals surface area contributed by atoms with Crippen LogP contribution in [0.5, 0.6) is 0 Å². The van der Waals surface area contributed by atoms with Crippen molar-refractivity contribution in [3.05, 3.63) is 47.9 Å². The number of aryl methyl sites for hydroxylation is 1. The summed E-state index contributed by atoms with van der Waals surface area (Å²) in [5.74, 6) is 0.932. The molecule has 1 aromatic heterocycles. The predicted octanol–water partition coefficient (Wildman–Crippen LogP) is 2.65. The number of nitrogens with two attached hydrogens (primary N) is 1. The monoisotopic (exact) mass is 256 g/mol. The lowest BCUT2D eigenvalue weighted by molar-refractivity contribution is 0.847. The zero-order valence-electron chi connectivity index (χ0n) is 11.5. The Labute approximate surface area is 114 Å². The number of anilines is 2. The van der Waals surface area contributed by atoms with E-state index in [9.17, 15) is 0 Å². The molecule has 0 amide bonds. The second-order valence-corrected chi connectivity index (χ2v) is 4.67. The summed E-state index contributed by atoms with van der Waals surface area (Å²) < 4.78 is 0. The summed E-state index contributed by atoms with van der Waals surface area (Å²) in [6, 6.07) is 9.96. The van der Waals surface area contributed by atoms with E-state index in [4.69, 9.17) is 5.73 Å². The molecule has 0 saturated heterocycles. The number of benzene rings is 1. The standard InChI is InChI=1S/C15H20N4/c1-3-6-13-9-15(18-11-17-13)19(2)10-12-7-4-5-8-14(12)16/h4-5,7-9,11H,3,6,10,16H2,1-2H3. The first kappa shape index (κ1) is 13.3. The van der Waals surface area contributed by atoms with Crippen LogP contribution >= 0.6 is 0 Å². The molecule has 0 aliphatic carbocycles. The van der Waals surface area contributed by atoms with Gasteiger partial charge >= 0.3 is 0 Å². The van der Waals surface area contributed by atoms with E-state index < -0.39 is 0 Å². The summed E-state index contributed by atoms with van der Waals surface area (Å²) in [7, 11) is 2.02. The van der Waals surface area contributed by atoms with Crippen LogP contribution in [0.2, 0.25) is 0 Å². The van der Waals surface area contributed by atoms with Crippen LogP contribution in [0.1, 0.15) is 24.6 Å². The number of nitrogens with zero attached hydrogens (tertiary/aromatic N) is 3. The number of para-hydroxylation sites is 1. The van der Waals surface area contributed by atoms with Gasteiger partial charge in [-0.2, -0.15) is 0 Å². The van der Waals surface area contributed by atoms with Crippen molar-refractivity contribution in [1.82, 2.24) is 9.97 Å². The minimum atomic E-state index is 0.745. The molecule has 0 saturated carbocycles. The molecule has 2 aromatic rings. The van der Waals surface area contributed by atoms with E-state index in [2.05, 4.69) is 21.8 Å². The van der Waals surface area contributed by atoms with Gasteiger partial charge in [-0.05, 0) is 18.1 Å². The summed E-state index contributed by atoms with van der Waals surface area (Å²) >= 11 is 0. The number of nitrogen functional groups attached to an aromatic ring is 1. The molecule has 2 rings (SSSR count). The molecule has 100 valence electrons. The summed E-state index contributed by atoms with van der Waals surface area (Å²) in [5, 5.41) is 0. The Morgan fingerprint density at radius 1 is 1.21 bits per heavy atom. The highest BCUT2D eigenvalue weighted by molar-refractivity contribution is 5.49. The molecule has 19 heavy (non-hydrogen) atoms. The van der Waals surface area contributed by atoms with Crippen LogP contribution in [0.15, 0.2) is 36.7 Å². The van der Waals surface area contributed by atoms with Gasteiger partial charge in [0.05, 0.1) is 0 Å². The van der Waals surface area contributed by atoms with E-state index in [0.717, 1.165) is 42.1 Å². The zero-order valence-corrected chi connectivity index (χ0v) is 11.5.